The van der Waals surface area contributed by atoms with Gasteiger partial charge in [-0.25, -0.2) is 0 Å². The monoisotopic (exact) mass is 267 g/mol. The molecule has 1 N–H and O–H groups in total. The molecule has 98 valence electrons. The summed E-state index contributed by atoms with van der Waals surface area (Å²) in [6, 6.07) is 3.94. The molecule has 0 unspecified atom stereocenters. The Hall–Kier alpha value is -1.37. The van der Waals surface area contributed by atoms with Crippen LogP contribution in [0, 0.1) is 12.3 Å². The fraction of sp³-hybridized carbons (Fsp3) is 0.429. The number of methoxy groups -OCH3 is 1. The van der Waals surface area contributed by atoms with Gasteiger partial charge in [0.1, 0.15) is 6.61 Å². The van der Waals surface area contributed by atoms with Crippen molar-refractivity contribution >= 4 is 11.6 Å². The molecule has 1 aromatic rings. The Morgan fingerprint density at radius 2 is 2.17 bits per heavy atom. The van der Waals surface area contributed by atoms with Crippen LogP contribution in [0.5, 0.6) is 11.5 Å². The highest BCUT2D eigenvalue weighted by atomic mass is 35.5. The maximum atomic E-state index is 6.05. The number of halogens is 1. The zero-order chi connectivity index (χ0) is 13.5. The molecule has 0 amide bonds. The predicted octanol–water partition coefficient (Wildman–Crippen LogP) is 2.86. The van der Waals surface area contributed by atoms with Gasteiger partial charge in [0, 0.05) is 29.2 Å². The topological polar surface area (TPSA) is 30.5 Å². The third-order valence-electron chi connectivity index (χ3n) is 2.32. The van der Waals surface area contributed by atoms with Crippen molar-refractivity contribution in [2.24, 2.45) is 0 Å². The van der Waals surface area contributed by atoms with Crippen molar-refractivity contribution in [2.75, 3.05) is 13.7 Å². The quantitative estimate of drug-likeness (QED) is 0.804. The first kappa shape index (κ1) is 14.7. The number of ether oxygens (including phenoxy) is 2. The molecule has 18 heavy (non-hydrogen) atoms. The van der Waals surface area contributed by atoms with E-state index in [1.54, 1.807) is 13.2 Å². The van der Waals surface area contributed by atoms with E-state index in [1.807, 2.05) is 6.07 Å². The van der Waals surface area contributed by atoms with Gasteiger partial charge >= 0.3 is 0 Å². The number of rotatable bonds is 6. The molecular formula is C14H18ClNO2. The van der Waals surface area contributed by atoms with Crippen molar-refractivity contribution in [1.82, 2.24) is 5.32 Å². The lowest BCUT2D eigenvalue weighted by Crippen LogP contribution is -2.22. The Morgan fingerprint density at radius 3 is 2.72 bits per heavy atom. The van der Waals surface area contributed by atoms with Crippen LogP contribution in [-0.2, 0) is 6.54 Å². The molecule has 4 heteroatoms. The molecule has 0 saturated carbocycles. The van der Waals surface area contributed by atoms with Crippen molar-refractivity contribution in [3.8, 4) is 23.8 Å². The smallest absolute Gasteiger partial charge is 0.167 e. The molecule has 3 nitrogen and oxygen atoms in total. The van der Waals surface area contributed by atoms with E-state index in [1.165, 1.54) is 0 Å². The summed E-state index contributed by atoms with van der Waals surface area (Å²) in [5.41, 5.74) is 0.934. The van der Waals surface area contributed by atoms with Gasteiger partial charge in [-0.05, 0) is 6.07 Å². The van der Waals surface area contributed by atoms with Crippen LogP contribution in [0.1, 0.15) is 19.4 Å². The Balaban J connectivity index is 3.03. The van der Waals surface area contributed by atoms with E-state index in [0.29, 0.717) is 29.1 Å². The van der Waals surface area contributed by atoms with Crippen LogP contribution in [-0.4, -0.2) is 19.8 Å². The first-order valence-corrected chi connectivity index (χ1v) is 6.12. The molecule has 0 saturated heterocycles. The molecule has 0 aliphatic carbocycles. The van der Waals surface area contributed by atoms with Crippen LogP contribution < -0.4 is 14.8 Å². The lowest BCUT2D eigenvalue weighted by molar-refractivity contribution is 0.326. The lowest BCUT2D eigenvalue weighted by Gasteiger charge is -2.16. The standard InChI is InChI=1S/C14H18ClNO2/c1-5-6-18-14-11(9-16-10(2)3)7-12(15)8-13(14)17-4/h1,7-8,10,16H,6,9H2,2-4H3. The third-order valence-corrected chi connectivity index (χ3v) is 2.54. The van der Waals surface area contributed by atoms with Gasteiger partial charge in [-0.1, -0.05) is 31.4 Å². The van der Waals surface area contributed by atoms with Gasteiger partial charge in [-0.15, -0.1) is 6.42 Å². The van der Waals surface area contributed by atoms with Crippen molar-refractivity contribution < 1.29 is 9.47 Å². The Morgan fingerprint density at radius 1 is 1.44 bits per heavy atom. The summed E-state index contributed by atoms with van der Waals surface area (Å²) in [5, 5.41) is 3.92. The number of terminal acetylenes is 1. The van der Waals surface area contributed by atoms with E-state index in [4.69, 9.17) is 27.5 Å². The molecule has 0 aliphatic heterocycles. The maximum Gasteiger partial charge on any atom is 0.167 e. The van der Waals surface area contributed by atoms with Gasteiger partial charge in [0.25, 0.3) is 0 Å². The largest absolute Gasteiger partial charge is 0.493 e. The minimum atomic E-state index is 0.201. The van der Waals surface area contributed by atoms with Gasteiger partial charge in [0.15, 0.2) is 11.5 Å². The van der Waals surface area contributed by atoms with Gasteiger partial charge in [-0.3, -0.25) is 0 Å². The van der Waals surface area contributed by atoms with E-state index >= 15 is 0 Å². The number of hydrogen-bond acceptors (Lipinski definition) is 3. The molecule has 1 aromatic carbocycles. The SMILES string of the molecule is C#CCOc1c(CNC(C)C)cc(Cl)cc1OC. The third kappa shape index (κ3) is 4.14. The number of benzene rings is 1. The number of nitrogens with one attached hydrogen (secondary N) is 1. The van der Waals surface area contributed by atoms with E-state index < -0.39 is 0 Å². The second kappa shape index (κ2) is 7.15. The highest BCUT2D eigenvalue weighted by Gasteiger charge is 2.12. The van der Waals surface area contributed by atoms with Gasteiger partial charge in [0.2, 0.25) is 0 Å². The van der Waals surface area contributed by atoms with Crippen LogP contribution in [0.25, 0.3) is 0 Å². The molecular weight excluding hydrogens is 250 g/mol. The van der Waals surface area contributed by atoms with Gasteiger partial charge in [0.05, 0.1) is 7.11 Å². The van der Waals surface area contributed by atoms with E-state index in [0.717, 1.165) is 5.56 Å². The molecule has 0 atom stereocenters. The normalized spacial score (nSPS) is 10.2. The summed E-state index contributed by atoms with van der Waals surface area (Å²) in [5.74, 6) is 3.68. The lowest BCUT2D eigenvalue weighted by atomic mass is 10.1. The minimum Gasteiger partial charge on any atom is -0.493 e. The van der Waals surface area contributed by atoms with E-state index in [2.05, 4.69) is 25.1 Å². The van der Waals surface area contributed by atoms with Crippen LogP contribution in [0.15, 0.2) is 12.1 Å². The average Bonchev–Trinajstić information content (AvgIpc) is 2.34. The first-order chi connectivity index (χ1) is 8.58. The molecule has 0 bridgehead atoms. The first-order valence-electron chi connectivity index (χ1n) is 5.74. The van der Waals surface area contributed by atoms with E-state index in [9.17, 15) is 0 Å². The zero-order valence-corrected chi connectivity index (χ0v) is 11.7. The second-order valence-corrected chi connectivity index (χ2v) is 4.56. The highest BCUT2D eigenvalue weighted by molar-refractivity contribution is 6.30. The zero-order valence-electron chi connectivity index (χ0n) is 10.9. The average molecular weight is 268 g/mol. The summed E-state index contributed by atoms with van der Waals surface area (Å²) in [7, 11) is 1.58. The summed E-state index contributed by atoms with van der Waals surface area (Å²) < 4.78 is 10.8. The second-order valence-electron chi connectivity index (χ2n) is 4.12. The van der Waals surface area contributed by atoms with Crippen molar-refractivity contribution in [3.05, 3.63) is 22.7 Å². The van der Waals surface area contributed by atoms with Crippen LogP contribution in [0.2, 0.25) is 5.02 Å². The van der Waals surface area contributed by atoms with Crippen LogP contribution >= 0.6 is 11.6 Å². The summed E-state index contributed by atoms with van der Waals surface area (Å²) in [6.45, 7) is 4.99. The summed E-state index contributed by atoms with van der Waals surface area (Å²) >= 11 is 6.05. The van der Waals surface area contributed by atoms with Crippen molar-refractivity contribution in [2.45, 2.75) is 26.4 Å². The molecule has 0 aliphatic rings. The highest BCUT2D eigenvalue weighted by Crippen LogP contribution is 2.34. The van der Waals surface area contributed by atoms with Crippen LogP contribution in [0.3, 0.4) is 0 Å². The van der Waals surface area contributed by atoms with E-state index in [-0.39, 0.29) is 6.61 Å². The number of hydrogen-bond donors (Lipinski definition) is 1. The summed E-state index contributed by atoms with van der Waals surface area (Å²) in [4.78, 5) is 0. The molecule has 0 aromatic heterocycles. The van der Waals surface area contributed by atoms with Gasteiger partial charge < -0.3 is 14.8 Å². The minimum absolute atomic E-state index is 0.201. The Labute approximate surface area is 113 Å². The maximum absolute atomic E-state index is 6.05. The van der Waals surface area contributed by atoms with Crippen molar-refractivity contribution in [1.29, 1.82) is 0 Å². The fourth-order valence-corrected chi connectivity index (χ4v) is 1.73. The van der Waals surface area contributed by atoms with Crippen molar-refractivity contribution in [3.63, 3.8) is 0 Å². The molecule has 1 rings (SSSR count). The van der Waals surface area contributed by atoms with Crippen LogP contribution in [0.4, 0.5) is 0 Å². The fourth-order valence-electron chi connectivity index (χ4n) is 1.50. The molecule has 0 heterocycles. The Kier molecular flexibility index (Phi) is 5.84. The molecule has 0 spiro atoms. The molecule has 0 radical (unpaired) electrons. The summed E-state index contributed by atoms with van der Waals surface area (Å²) in [6.07, 6.45) is 5.21. The predicted molar refractivity (Wildman–Crippen MR) is 74.3 cm³/mol. The Bertz CT molecular complexity index is 438. The molecule has 0 fully saturated rings. The van der Waals surface area contributed by atoms with Gasteiger partial charge in [-0.2, -0.15) is 0 Å².